The lowest BCUT2D eigenvalue weighted by Gasteiger charge is -2.13. The normalized spacial score (nSPS) is 15.1. The van der Waals surface area contributed by atoms with Crippen LogP contribution >= 0.6 is 0 Å². The number of carbonyl (C=O) groups excluding carboxylic acids is 3. The second kappa shape index (κ2) is 6.13. The van der Waals surface area contributed by atoms with Crippen LogP contribution in [0.25, 0.3) is 0 Å². The van der Waals surface area contributed by atoms with Crippen LogP contribution in [0.1, 0.15) is 12.2 Å². The molecular weight excluding hydrogens is 264 g/mol. The summed E-state index contributed by atoms with van der Waals surface area (Å²) in [4.78, 5) is 40.9. The predicted molar refractivity (Wildman–Crippen MR) is 67.5 cm³/mol. The topological polar surface area (TPSA) is 111 Å². The standard InChI is InChI=1S/C11H16N6O3/c1-16-6-10(19)17(11(16)20)5-9(18)12-4-2-3-8-13-7-14-15-8/h7H,2-6H2,1H3,(H,12,18)(H,13,14,15). The molecule has 1 fully saturated rings. The van der Waals surface area contributed by atoms with Gasteiger partial charge in [-0.25, -0.2) is 9.78 Å². The van der Waals surface area contributed by atoms with E-state index in [1.165, 1.54) is 18.3 Å². The molecule has 2 heterocycles. The van der Waals surface area contributed by atoms with Gasteiger partial charge in [0, 0.05) is 20.0 Å². The zero-order valence-corrected chi connectivity index (χ0v) is 11.1. The van der Waals surface area contributed by atoms with Crippen molar-refractivity contribution in [3.63, 3.8) is 0 Å². The van der Waals surface area contributed by atoms with E-state index >= 15 is 0 Å². The number of hydrogen-bond acceptors (Lipinski definition) is 5. The third-order valence-electron chi connectivity index (χ3n) is 2.91. The number of H-pyrrole nitrogens is 1. The van der Waals surface area contributed by atoms with Gasteiger partial charge in [-0.3, -0.25) is 19.6 Å². The lowest BCUT2D eigenvalue weighted by molar-refractivity contribution is -0.130. The minimum absolute atomic E-state index is 0.0254. The zero-order valence-electron chi connectivity index (χ0n) is 11.1. The van der Waals surface area contributed by atoms with Gasteiger partial charge in [0.2, 0.25) is 5.91 Å². The Morgan fingerprint density at radius 2 is 2.30 bits per heavy atom. The predicted octanol–water partition coefficient (Wildman–Crippen LogP) is -1.25. The van der Waals surface area contributed by atoms with Crippen molar-refractivity contribution in [1.82, 2.24) is 30.3 Å². The quantitative estimate of drug-likeness (QED) is 0.499. The Morgan fingerprint density at radius 1 is 1.50 bits per heavy atom. The molecule has 0 bridgehead atoms. The molecule has 0 aliphatic carbocycles. The number of rotatable bonds is 6. The molecule has 0 spiro atoms. The van der Waals surface area contributed by atoms with Gasteiger partial charge >= 0.3 is 6.03 Å². The Bertz CT molecular complexity index is 500. The first kappa shape index (κ1) is 14.0. The summed E-state index contributed by atoms with van der Waals surface area (Å²) >= 11 is 0. The van der Waals surface area contributed by atoms with Crippen LogP contribution in [0.2, 0.25) is 0 Å². The Hall–Kier alpha value is -2.45. The Kier molecular flexibility index (Phi) is 4.28. The number of nitrogens with one attached hydrogen (secondary N) is 2. The van der Waals surface area contributed by atoms with Crippen LogP contribution in [0.5, 0.6) is 0 Å². The van der Waals surface area contributed by atoms with Crippen molar-refractivity contribution >= 4 is 17.8 Å². The Balaban J connectivity index is 1.68. The summed E-state index contributed by atoms with van der Waals surface area (Å²) < 4.78 is 0. The van der Waals surface area contributed by atoms with Gasteiger partial charge in [0.05, 0.1) is 0 Å². The summed E-state index contributed by atoms with van der Waals surface area (Å²) in [5.41, 5.74) is 0. The number of carbonyl (C=O) groups is 3. The molecule has 9 nitrogen and oxygen atoms in total. The molecular formula is C11H16N6O3. The van der Waals surface area contributed by atoms with E-state index in [2.05, 4.69) is 20.5 Å². The summed E-state index contributed by atoms with van der Waals surface area (Å²) in [6, 6.07) is -0.438. The van der Waals surface area contributed by atoms with Crippen molar-refractivity contribution in [1.29, 1.82) is 0 Å². The first-order valence-corrected chi connectivity index (χ1v) is 6.24. The molecule has 1 aliphatic heterocycles. The lowest BCUT2D eigenvalue weighted by atomic mass is 10.3. The van der Waals surface area contributed by atoms with Gasteiger partial charge in [-0.05, 0) is 6.42 Å². The largest absolute Gasteiger partial charge is 0.355 e. The average molecular weight is 280 g/mol. The number of hydrogen-bond donors (Lipinski definition) is 2. The second-order valence-corrected chi connectivity index (χ2v) is 4.50. The molecule has 1 aromatic heterocycles. The highest BCUT2D eigenvalue weighted by molar-refractivity contribution is 6.04. The summed E-state index contributed by atoms with van der Waals surface area (Å²) in [5.74, 6) is 0.0552. The summed E-state index contributed by atoms with van der Waals surface area (Å²) in [5, 5.41) is 9.10. The smallest absolute Gasteiger partial charge is 0.327 e. The molecule has 1 aromatic rings. The monoisotopic (exact) mass is 280 g/mol. The van der Waals surface area contributed by atoms with E-state index in [0.717, 1.165) is 10.7 Å². The molecule has 108 valence electrons. The molecule has 0 atom stereocenters. The molecule has 0 saturated carbocycles. The fourth-order valence-electron chi connectivity index (χ4n) is 1.86. The molecule has 2 rings (SSSR count). The SMILES string of the molecule is CN1CC(=O)N(CC(=O)NCCCc2ncn[nH]2)C1=O. The van der Waals surface area contributed by atoms with Crippen molar-refractivity contribution in [2.75, 3.05) is 26.7 Å². The minimum Gasteiger partial charge on any atom is -0.355 e. The summed E-state index contributed by atoms with van der Waals surface area (Å²) in [7, 11) is 1.52. The molecule has 2 N–H and O–H groups in total. The average Bonchev–Trinajstić information content (AvgIpc) is 3.00. The van der Waals surface area contributed by atoms with Gasteiger partial charge in [-0.2, -0.15) is 5.10 Å². The van der Waals surface area contributed by atoms with Crippen LogP contribution in [-0.4, -0.2) is 69.5 Å². The second-order valence-electron chi connectivity index (χ2n) is 4.50. The number of nitrogens with zero attached hydrogens (tertiary/aromatic N) is 4. The number of imide groups is 1. The molecule has 0 radical (unpaired) electrons. The molecule has 9 heteroatoms. The van der Waals surface area contributed by atoms with Crippen LogP contribution in [0.4, 0.5) is 4.79 Å². The number of aromatic amines is 1. The van der Waals surface area contributed by atoms with E-state index in [0.29, 0.717) is 19.4 Å². The van der Waals surface area contributed by atoms with Gasteiger partial charge in [0.25, 0.3) is 5.91 Å². The highest BCUT2D eigenvalue weighted by Gasteiger charge is 2.34. The first-order chi connectivity index (χ1) is 9.58. The van der Waals surface area contributed by atoms with E-state index in [1.54, 1.807) is 0 Å². The van der Waals surface area contributed by atoms with Crippen LogP contribution < -0.4 is 5.32 Å². The molecule has 0 unspecified atom stereocenters. The van der Waals surface area contributed by atoms with Crippen molar-refractivity contribution in [2.24, 2.45) is 0 Å². The van der Waals surface area contributed by atoms with Gasteiger partial charge < -0.3 is 10.2 Å². The molecule has 0 aromatic carbocycles. The number of amides is 4. The van der Waals surface area contributed by atoms with Crippen molar-refractivity contribution in [3.05, 3.63) is 12.2 Å². The maximum atomic E-state index is 11.6. The van der Waals surface area contributed by atoms with Gasteiger partial charge in [-0.15, -0.1) is 0 Å². The number of likely N-dealkylation sites (N-methyl/N-ethyl adjacent to an activating group) is 1. The first-order valence-electron chi connectivity index (χ1n) is 6.24. The maximum Gasteiger partial charge on any atom is 0.327 e. The highest BCUT2D eigenvalue weighted by Crippen LogP contribution is 2.06. The van der Waals surface area contributed by atoms with E-state index in [1.807, 2.05) is 0 Å². The van der Waals surface area contributed by atoms with Crippen molar-refractivity contribution in [2.45, 2.75) is 12.8 Å². The molecule has 20 heavy (non-hydrogen) atoms. The molecule has 1 saturated heterocycles. The maximum absolute atomic E-state index is 11.6. The fourth-order valence-corrected chi connectivity index (χ4v) is 1.86. The lowest BCUT2D eigenvalue weighted by Crippen LogP contribution is -2.41. The van der Waals surface area contributed by atoms with Gasteiger partial charge in [-0.1, -0.05) is 0 Å². The Labute approximate surface area is 115 Å². The molecule has 4 amide bonds. The van der Waals surface area contributed by atoms with Gasteiger partial charge in [0.15, 0.2) is 0 Å². The third kappa shape index (κ3) is 3.31. The van der Waals surface area contributed by atoms with E-state index < -0.39 is 6.03 Å². The van der Waals surface area contributed by atoms with E-state index in [9.17, 15) is 14.4 Å². The fraction of sp³-hybridized carbons (Fsp3) is 0.545. The van der Waals surface area contributed by atoms with Crippen molar-refractivity contribution < 1.29 is 14.4 Å². The van der Waals surface area contributed by atoms with Crippen LogP contribution in [0.3, 0.4) is 0 Å². The Morgan fingerprint density at radius 3 is 2.90 bits per heavy atom. The minimum atomic E-state index is -0.438. The number of aromatic nitrogens is 3. The van der Waals surface area contributed by atoms with Crippen LogP contribution in [0, 0.1) is 0 Å². The third-order valence-corrected chi connectivity index (χ3v) is 2.91. The highest BCUT2D eigenvalue weighted by atomic mass is 16.2. The number of aryl methyl sites for hydroxylation is 1. The van der Waals surface area contributed by atoms with Gasteiger partial charge in [0.1, 0.15) is 25.2 Å². The zero-order chi connectivity index (χ0) is 14.5. The van der Waals surface area contributed by atoms with Crippen LogP contribution in [0.15, 0.2) is 6.33 Å². The summed E-state index contributed by atoms with van der Waals surface area (Å²) in [6.45, 7) is 0.244. The van der Waals surface area contributed by atoms with E-state index in [4.69, 9.17) is 0 Å². The van der Waals surface area contributed by atoms with Crippen LogP contribution in [-0.2, 0) is 16.0 Å². The number of urea groups is 1. The van der Waals surface area contributed by atoms with Crippen molar-refractivity contribution in [3.8, 4) is 0 Å². The summed E-state index contributed by atoms with van der Waals surface area (Å²) in [6.07, 6.45) is 2.79. The molecule has 1 aliphatic rings. The van der Waals surface area contributed by atoms with E-state index in [-0.39, 0.29) is 24.9 Å².